The fraction of sp³-hybridized carbons (Fsp3) is 0.312. The number of aromatic hydroxyl groups is 1. The number of hydrogen-bond acceptors (Lipinski definition) is 4. The maximum atomic E-state index is 12.1. The summed E-state index contributed by atoms with van der Waals surface area (Å²) in [5.74, 6) is 0.668. The van der Waals surface area contributed by atoms with Crippen molar-refractivity contribution in [3.8, 4) is 17.1 Å². The van der Waals surface area contributed by atoms with E-state index >= 15 is 0 Å². The first kappa shape index (κ1) is 14.3. The SMILES string of the molecule is CCCCn1c(=O)[nH]c2c(C)nc(-c3cccc(O)c3)nc21. The Morgan fingerprint density at radius 1 is 1.32 bits per heavy atom. The highest BCUT2D eigenvalue weighted by molar-refractivity contribution is 5.76. The molecule has 0 bridgehead atoms. The normalized spacial score (nSPS) is 11.2. The number of H-pyrrole nitrogens is 1. The van der Waals surface area contributed by atoms with E-state index in [1.54, 1.807) is 22.8 Å². The molecule has 0 radical (unpaired) electrons. The highest BCUT2D eigenvalue weighted by atomic mass is 16.3. The Bertz CT molecular complexity index is 879. The largest absolute Gasteiger partial charge is 0.508 e. The van der Waals surface area contributed by atoms with Gasteiger partial charge in [-0.25, -0.2) is 14.8 Å². The maximum absolute atomic E-state index is 12.1. The number of unbranched alkanes of at least 4 members (excludes halogenated alkanes) is 1. The van der Waals surface area contributed by atoms with Crippen molar-refractivity contribution in [1.29, 1.82) is 0 Å². The van der Waals surface area contributed by atoms with Gasteiger partial charge in [0.2, 0.25) is 0 Å². The lowest BCUT2D eigenvalue weighted by atomic mass is 10.2. The first-order chi connectivity index (χ1) is 10.6. The van der Waals surface area contributed by atoms with Gasteiger partial charge in [0.25, 0.3) is 0 Å². The number of aromatic nitrogens is 4. The predicted molar refractivity (Wildman–Crippen MR) is 84.9 cm³/mol. The summed E-state index contributed by atoms with van der Waals surface area (Å²) in [6.45, 7) is 4.56. The van der Waals surface area contributed by atoms with E-state index in [4.69, 9.17) is 0 Å². The van der Waals surface area contributed by atoms with Crippen LogP contribution in [-0.4, -0.2) is 24.6 Å². The Morgan fingerprint density at radius 2 is 2.14 bits per heavy atom. The molecule has 6 heteroatoms. The van der Waals surface area contributed by atoms with E-state index in [1.165, 1.54) is 0 Å². The lowest BCUT2D eigenvalue weighted by molar-refractivity contribution is 0.475. The molecule has 22 heavy (non-hydrogen) atoms. The van der Waals surface area contributed by atoms with Gasteiger partial charge in [-0.2, -0.15) is 0 Å². The number of nitrogens with zero attached hydrogens (tertiary/aromatic N) is 3. The topological polar surface area (TPSA) is 83.8 Å². The summed E-state index contributed by atoms with van der Waals surface area (Å²) >= 11 is 0. The first-order valence-corrected chi connectivity index (χ1v) is 7.36. The van der Waals surface area contributed by atoms with E-state index < -0.39 is 0 Å². The summed E-state index contributed by atoms with van der Waals surface area (Å²) in [7, 11) is 0. The Kier molecular flexibility index (Phi) is 3.66. The Labute approximate surface area is 127 Å². The summed E-state index contributed by atoms with van der Waals surface area (Å²) in [5, 5.41) is 9.61. The van der Waals surface area contributed by atoms with Crippen molar-refractivity contribution in [3.05, 3.63) is 40.4 Å². The number of imidazole rings is 1. The summed E-state index contributed by atoms with van der Waals surface area (Å²) in [6.07, 6.45) is 1.92. The number of aromatic amines is 1. The second kappa shape index (κ2) is 5.63. The standard InChI is InChI=1S/C16H18N4O2/c1-3-4-8-20-15-13(18-16(20)22)10(2)17-14(19-15)11-6-5-7-12(21)9-11/h5-7,9,21H,3-4,8H2,1-2H3,(H,18,22). The van der Waals surface area contributed by atoms with Crippen LogP contribution >= 0.6 is 0 Å². The Balaban J connectivity index is 2.20. The van der Waals surface area contributed by atoms with Crippen LogP contribution in [0.1, 0.15) is 25.5 Å². The van der Waals surface area contributed by atoms with E-state index in [9.17, 15) is 9.90 Å². The molecular weight excluding hydrogens is 280 g/mol. The van der Waals surface area contributed by atoms with E-state index in [-0.39, 0.29) is 11.4 Å². The quantitative estimate of drug-likeness (QED) is 0.775. The van der Waals surface area contributed by atoms with Crippen LogP contribution in [0.25, 0.3) is 22.6 Å². The molecular formula is C16H18N4O2. The van der Waals surface area contributed by atoms with Crippen LogP contribution in [0, 0.1) is 6.92 Å². The molecule has 114 valence electrons. The van der Waals surface area contributed by atoms with Gasteiger partial charge >= 0.3 is 5.69 Å². The van der Waals surface area contributed by atoms with Gasteiger partial charge in [-0.3, -0.25) is 4.57 Å². The number of phenols is 1. The number of hydrogen-bond donors (Lipinski definition) is 2. The van der Waals surface area contributed by atoms with Gasteiger partial charge in [0.05, 0.1) is 5.69 Å². The van der Waals surface area contributed by atoms with Crippen LogP contribution in [0.4, 0.5) is 0 Å². The van der Waals surface area contributed by atoms with Crippen molar-refractivity contribution < 1.29 is 5.11 Å². The van der Waals surface area contributed by atoms with Crippen molar-refractivity contribution in [2.75, 3.05) is 0 Å². The molecule has 0 atom stereocenters. The van der Waals surface area contributed by atoms with Gasteiger partial charge in [0.1, 0.15) is 11.3 Å². The van der Waals surface area contributed by atoms with Crippen molar-refractivity contribution in [2.24, 2.45) is 0 Å². The number of aryl methyl sites for hydroxylation is 2. The molecule has 0 unspecified atom stereocenters. The lowest BCUT2D eigenvalue weighted by Crippen LogP contribution is -2.17. The van der Waals surface area contributed by atoms with Gasteiger partial charge in [0.15, 0.2) is 11.5 Å². The fourth-order valence-corrected chi connectivity index (χ4v) is 2.47. The number of phenolic OH excluding ortho intramolecular Hbond substituents is 1. The van der Waals surface area contributed by atoms with Crippen molar-refractivity contribution in [3.63, 3.8) is 0 Å². The van der Waals surface area contributed by atoms with Crippen LogP contribution in [0.2, 0.25) is 0 Å². The van der Waals surface area contributed by atoms with Crippen LogP contribution in [0.15, 0.2) is 29.1 Å². The maximum Gasteiger partial charge on any atom is 0.327 e. The summed E-state index contributed by atoms with van der Waals surface area (Å²) in [4.78, 5) is 23.9. The number of fused-ring (bicyclic) bond motifs is 1. The minimum atomic E-state index is -0.158. The van der Waals surface area contributed by atoms with E-state index in [1.807, 2.05) is 13.0 Å². The van der Waals surface area contributed by atoms with Crippen LogP contribution in [-0.2, 0) is 6.54 Å². The molecule has 0 fully saturated rings. The fourth-order valence-electron chi connectivity index (χ4n) is 2.47. The van der Waals surface area contributed by atoms with Gasteiger partial charge < -0.3 is 10.1 Å². The second-order valence-corrected chi connectivity index (χ2v) is 5.32. The van der Waals surface area contributed by atoms with E-state index in [0.29, 0.717) is 23.5 Å². The molecule has 0 saturated carbocycles. The number of nitrogens with one attached hydrogen (secondary N) is 1. The second-order valence-electron chi connectivity index (χ2n) is 5.32. The molecule has 2 N–H and O–H groups in total. The van der Waals surface area contributed by atoms with Crippen molar-refractivity contribution in [1.82, 2.24) is 19.5 Å². The number of benzene rings is 1. The minimum absolute atomic E-state index is 0.158. The summed E-state index contributed by atoms with van der Waals surface area (Å²) in [6, 6.07) is 6.79. The molecule has 1 aromatic carbocycles. The zero-order valence-electron chi connectivity index (χ0n) is 12.6. The van der Waals surface area contributed by atoms with Gasteiger partial charge in [-0.1, -0.05) is 25.5 Å². The van der Waals surface area contributed by atoms with Crippen LogP contribution < -0.4 is 5.69 Å². The third-order valence-corrected chi connectivity index (χ3v) is 3.64. The lowest BCUT2D eigenvalue weighted by Gasteiger charge is -2.05. The first-order valence-electron chi connectivity index (χ1n) is 7.36. The van der Waals surface area contributed by atoms with Crippen molar-refractivity contribution in [2.45, 2.75) is 33.2 Å². The van der Waals surface area contributed by atoms with Crippen LogP contribution in [0.5, 0.6) is 5.75 Å². The molecule has 0 aliphatic heterocycles. The third-order valence-electron chi connectivity index (χ3n) is 3.64. The van der Waals surface area contributed by atoms with E-state index in [2.05, 4.69) is 21.9 Å². The van der Waals surface area contributed by atoms with Gasteiger partial charge in [-0.05, 0) is 25.5 Å². The predicted octanol–water partition coefficient (Wildman–Crippen LogP) is 2.60. The highest BCUT2D eigenvalue weighted by Crippen LogP contribution is 2.22. The monoisotopic (exact) mass is 298 g/mol. The molecule has 0 saturated heterocycles. The zero-order chi connectivity index (χ0) is 15.7. The molecule has 3 aromatic rings. The Hall–Kier alpha value is -2.63. The average molecular weight is 298 g/mol. The van der Waals surface area contributed by atoms with Crippen molar-refractivity contribution >= 4 is 11.2 Å². The highest BCUT2D eigenvalue weighted by Gasteiger charge is 2.14. The molecule has 0 aliphatic rings. The molecule has 2 aromatic heterocycles. The van der Waals surface area contributed by atoms with Gasteiger partial charge in [0, 0.05) is 12.1 Å². The smallest absolute Gasteiger partial charge is 0.327 e. The number of rotatable bonds is 4. The third kappa shape index (κ3) is 2.47. The summed E-state index contributed by atoms with van der Waals surface area (Å²) in [5.41, 5.74) is 2.57. The van der Waals surface area contributed by atoms with Crippen LogP contribution in [0.3, 0.4) is 0 Å². The van der Waals surface area contributed by atoms with E-state index in [0.717, 1.165) is 24.1 Å². The molecule has 3 rings (SSSR count). The molecule has 0 spiro atoms. The molecule has 6 nitrogen and oxygen atoms in total. The molecule has 2 heterocycles. The molecule has 0 amide bonds. The average Bonchev–Trinajstić information content (AvgIpc) is 2.81. The summed E-state index contributed by atoms with van der Waals surface area (Å²) < 4.78 is 1.65. The molecule has 0 aliphatic carbocycles. The minimum Gasteiger partial charge on any atom is -0.508 e. The van der Waals surface area contributed by atoms with Gasteiger partial charge in [-0.15, -0.1) is 0 Å². The Morgan fingerprint density at radius 3 is 2.86 bits per heavy atom. The zero-order valence-corrected chi connectivity index (χ0v) is 12.6.